The maximum atomic E-state index is 14.4. The highest BCUT2D eigenvalue weighted by Gasteiger charge is 2.63. The first-order valence-electron chi connectivity index (χ1n) is 12.5. The standard InChI is InChI=1S/C28H25Cl2N5O4/c1-14(2)23-22-18(13-34(23)21-12-31-27(39-4)33-24(21)38-3)25(36)35(17-7-5-6-15(29)10-17)28(22)19-9-8-16(30)11-20(19)32-26(28)37/h6,8-14H,5,7H2,1-4H3,(H,32,37)/t28-/m0/s1. The lowest BCUT2D eigenvalue weighted by atomic mass is 9.81. The van der Waals surface area contributed by atoms with Crippen LogP contribution >= 0.6 is 23.2 Å². The van der Waals surface area contributed by atoms with Crippen LogP contribution in [0.2, 0.25) is 5.02 Å². The molecule has 11 heteroatoms. The third-order valence-corrected chi connectivity index (χ3v) is 7.85. The van der Waals surface area contributed by atoms with Crippen molar-refractivity contribution >= 4 is 40.7 Å². The Kier molecular flexibility index (Phi) is 5.96. The van der Waals surface area contributed by atoms with Crippen LogP contribution in [-0.4, -0.2) is 45.5 Å². The summed E-state index contributed by atoms with van der Waals surface area (Å²) in [5, 5.41) is 4.00. The van der Waals surface area contributed by atoms with Crippen LogP contribution in [0.5, 0.6) is 11.9 Å². The molecular weight excluding hydrogens is 541 g/mol. The summed E-state index contributed by atoms with van der Waals surface area (Å²) in [6.07, 6.45) is 8.20. The molecule has 0 radical (unpaired) electrons. The number of halogens is 2. The number of nitrogens with one attached hydrogen (secondary N) is 1. The number of hydrogen-bond donors (Lipinski definition) is 1. The fraction of sp³-hybridized carbons (Fsp3) is 0.286. The molecular formula is C28H25Cl2N5O4. The predicted molar refractivity (Wildman–Crippen MR) is 147 cm³/mol. The number of carbonyl (C=O) groups is 2. The molecule has 1 atom stereocenters. The van der Waals surface area contributed by atoms with E-state index in [2.05, 4.69) is 15.3 Å². The number of allylic oxidation sites excluding steroid dienone is 4. The molecule has 0 saturated carbocycles. The van der Waals surface area contributed by atoms with E-state index >= 15 is 0 Å². The molecule has 1 aromatic carbocycles. The van der Waals surface area contributed by atoms with Crippen LogP contribution in [0.3, 0.4) is 0 Å². The molecule has 200 valence electrons. The van der Waals surface area contributed by atoms with E-state index in [4.69, 9.17) is 32.7 Å². The van der Waals surface area contributed by atoms with Gasteiger partial charge in [-0.3, -0.25) is 14.5 Å². The summed E-state index contributed by atoms with van der Waals surface area (Å²) >= 11 is 12.7. The summed E-state index contributed by atoms with van der Waals surface area (Å²) in [5.41, 5.74) is 2.70. The Morgan fingerprint density at radius 2 is 1.95 bits per heavy atom. The van der Waals surface area contributed by atoms with Crippen molar-refractivity contribution in [3.05, 3.63) is 80.9 Å². The number of hydrogen-bond acceptors (Lipinski definition) is 6. The van der Waals surface area contributed by atoms with E-state index in [0.29, 0.717) is 56.7 Å². The Labute approximate surface area is 235 Å². The molecule has 4 heterocycles. The summed E-state index contributed by atoms with van der Waals surface area (Å²) in [4.78, 5) is 38.8. The number of carbonyl (C=O) groups excluding carboxylic acids is 2. The van der Waals surface area contributed by atoms with Crippen LogP contribution in [0.25, 0.3) is 5.69 Å². The predicted octanol–water partition coefficient (Wildman–Crippen LogP) is 5.51. The summed E-state index contributed by atoms with van der Waals surface area (Å²) < 4.78 is 12.6. The molecule has 1 N–H and O–H groups in total. The van der Waals surface area contributed by atoms with Crippen molar-refractivity contribution in [3.8, 4) is 17.6 Å². The quantitative estimate of drug-likeness (QED) is 0.437. The van der Waals surface area contributed by atoms with E-state index < -0.39 is 5.54 Å². The second-order valence-electron chi connectivity index (χ2n) is 9.84. The molecule has 2 aliphatic heterocycles. The average molecular weight is 566 g/mol. The lowest BCUT2D eigenvalue weighted by Crippen LogP contribution is -2.50. The maximum absolute atomic E-state index is 14.4. The van der Waals surface area contributed by atoms with Gasteiger partial charge in [0.25, 0.3) is 11.8 Å². The third-order valence-electron chi connectivity index (χ3n) is 7.35. The number of fused-ring (bicyclic) bond motifs is 4. The first-order chi connectivity index (χ1) is 18.7. The molecule has 0 saturated heterocycles. The third kappa shape index (κ3) is 3.53. The van der Waals surface area contributed by atoms with Crippen molar-refractivity contribution in [2.45, 2.75) is 38.1 Å². The minimum Gasteiger partial charge on any atom is -0.479 e. The fourth-order valence-electron chi connectivity index (χ4n) is 5.88. The molecule has 0 unspecified atom stereocenters. The largest absolute Gasteiger partial charge is 0.479 e. The molecule has 3 aromatic rings. The van der Waals surface area contributed by atoms with E-state index in [1.54, 1.807) is 35.5 Å². The van der Waals surface area contributed by atoms with E-state index in [1.165, 1.54) is 14.2 Å². The van der Waals surface area contributed by atoms with Crippen molar-refractivity contribution in [2.75, 3.05) is 19.5 Å². The first-order valence-corrected chi connectivity index (χ1v) is 13.2. The van der Waals surface area contributed by atoms with Crippen molar-refractivity contribution in [2.24, 2.45) is 0 Å². The number of anilines is 1. The molecule has 0 fully saturated rings. The van der Waals surface area contributed by atoms with Gasteiger partial charge < -0.3 is 19.4 Å². The Morgan fingerprint density at radius 1 is 1.15 bits per heavy atom. The monoisotopic (exact) mass is 565 g/mol. The van der Waals surface area contributed by atoms with Gasteiger partial charge in [-0.15, -0.1) is 0 Å². The SMILES string of the molecule is COc1ncc(-n2cc3c(c2C(C)C)[C@@]2(C(=O)Nc4cc(Cl)ccc42)N(C2=CC(Cl)=CCC2)C3=O)c(OC)n1. The molecule has 2 aromatic heterocycles. The van der Waals surface area contributed by atoms with Gasteiger partial charge in [0.2, 0.25) is 5.88 Å². The smallest absolute Gasteiger partial charge is 0.319 e. The Morgan fingerprint density at radius 3 is 2.64 bits per heavy atom. The van der Waals surface area contributed by atoms with Crippen LogP contribution in [0.15, 0.2) is 53.5 Å². The summed E-state index contributed by atoms with van der Waals surface area (Å²) in [7, 11) is 2.97. The Hall–Kier alpha value is -3.82. The molecule has 3 aliphatic rings. The molecule has 2 amide bonds. The number of benzene rings is 1. The minimum absolute atomic E-state index is 0.113. The zero-order chi connectivity index (χ0) is 27.6. The van der Waals surface area contributed by atoms with Crippen molar-refractivity contribution in [1.82, 2.24) is 19.4 Å². The summed E-state index contributed by atoms with van der Waals surface area (Å²) in [6, 6.07) is 5.40. The van der Waals surface area contributed by atoms with E-state index in [0.717, 1.165) is 5.69 Å². The average Bonchev–Trinajstić information content (AvgIpc) is 3.52. The summed E-state index contributed by atoms with van der Waals surface area (Å²) in [6.45, 7) is 4.03. The summed E-state index contributed by atoms with van der Waals surface area (Å²) in [5.74, 6) is -0.477. The normalized spacial score (nSPS) is 19.7. The van der Waals surface area contributed by atoms with Gasteiger partial charge in [0, 0.05) is 44.5 Å². The minimum atomic E-state index is -1.46. The van der Waals surface area contributed by atoms with Crippen molar-refractivity contribution < 1.29 is 19.1 Å². The van der Waals surface area contributed by atoms with Crippen LogP contribution in [0.1, 0.15) is 59.8 Å². The number of methoxy groups -OCH3 is 2. The van der Waals surface area contributed by atoms with Crippen LogP contribution < -0.4 is 14.8 Å². The zero-order valence-electron chi connectivity index (χ0n) is 21.7. The van der Waals surface area contributed by atoms with Gasteiger partial charge in [-0.2, -0.15) is 4.98 Å². The highest BCUT2D eigenvalue weighted by atomic mass is 35.5. The van der Waals surface area contributed by atoms with Crippen molar-refractivity contribution in [3.63, 3.8) is 0 Å². The van der Waals surface area contributed by atoms with Crippen LogP contribution in [0, 0.1) is 0 Å². The maximum Gasteiger partial charge on any atom is 0.319 e. The second-order valence-corrected chi connectivity index (χ2v) is 10.7. The molecule has 6 rings (SSSR count). The lowest BCUT2D eigenvalue weighted by Gasteiger charge is -2.37. The fourth-order valence-corrected chi connectivity index (χ4v) is 6.29. The van der Waals surface area contributed by atoms with Gasteiger partial charge >= 0.3 is 6.01 Å². The Balaban J connectivity index is 1.69. The van der Waals surface area contributed by atoms with E-state index in [9.17, 15) is 9.59 Å². The van der Waals surface area contributed by atoms with Crippen LogP contribution in [-0.2, 0) is 10.3 Å². The topological polar surface area (TPSA) is 98.6 Å². The van der Waals surface area contributed by atoms with Crippen molar-refractivity contribution in [1.29, 1.82) is 0 Å². The number of amides is 2. The van der Waals surface area contributed by atoms with Gasteiger partial charge in [0.1, 0.15) is 5.69 Å². The Bertz CT molecular complexity index is 1630. The molecule has 1 spiro atoms. The second kappa shape index (κ2) is 9.14. The first kappa shape index (κ1) is 25.5. The highest BCUT2D eigenvalue weighted by molar-refractivity contribution is 6.32. The van der Waals surface area contributed by atoms with E-state index in [1.807, 2.05) is 30.6 Å². The van der Waals surface area contributed by atoms with Gasteiger partial charge in [-0.05, 0) is 37.0 Å². The van der Waals surface area contributed by atoms with E-state index in [-0.39, 0.29) is 29.6 Å². The molecule has 39 heavy (non-hydrogen) atoms. The lowest BCUT2D eigenvalue weighted by molar-refractivity contribution is -0.123. The van der Waals surface area contributed by atoms with Crippen LogP contribution in [0.4, 0.5) is 5.69 Å². The van der Waals surface area contributed by atoms with Gasteiger partial charge in [0.15, 0.2) is 5.54 Å². The number of nitrogens with zero attached hydrogens (tertiary/aromatic N) is 4. The number of aromatic nitrogens is 3. The molecule has 0 bridgehead atoms. The van der Waals surface area contributed by atoms with Gasteiger partial charge in [-0.25, -0.2) is 4.98 Å². The van der Waals surface area contributed by atoms with Gasteiger partial charge in [0.05, 0.1) is 26.0 Å². The molecule has 1 aliphatic carbocycles. The molecule has 9 nitrogen and oxygen atoms in total. The zero-order valence-corrected chi connectivity index (χ0v) is 23.2. The highest BCUT2D eigenvalue weighted by Crippen LogP contribution is 2.56. The number of ether oxygens (including phenoxy) is 2. The van der Waals surface area contributed by atoms with Gasteiger partial charge in [-0.1, -0.05) is 49.2 Å². The number of rotatable bonds is 5.